The van der Waals surface area contributed by atoms with Gasteiger partial charge in [0.2, 0.25) is 0 Å². The van der Waals surface area contributed by atoms with Crippen molar-refractivity contribution in [2.45, 2.75) is 44.1 Å². The van der Waals surface area contributed by atoms with Gasteiger partial charge in [0.15, 0.2) is 0 Å². The van der Waals surface area contributed by atoms with Crippen molar-refractivity contribution in [1.82, 2.24) is 0 Å². The van der Waals surface area contributed by atoms with Crippen LogP contribution in [-0.4, -0.2) is 32.6 Å². The maximum atomic E-state index is 10.8. The molecule has 5 heteroatoms. The van der Waals surface area contributed by atoms with E-state index >= 15 is 0 Å². The van der Waals surface area contributed by atoms with Crippen molar-refractivity contribution in [3.8, 4) is 0 Å². The summed E-state index contributed by atoms with van der Waals surface area (Å²) < 4.78 is -0.657. The number of rotatable bonds is 4. The molecule has 0 aliphatic rings. The first-order valence-corrected chi connectivity index (χ1v) is 4.85. The van der Waals surface area contributed by atoms with E-state index in [1.165, 1.54) is 0 Å². The fourth-order valence-electron chi connectivity index (χ4n) is 1.89. The van der Waals surface area contributed by atoms with E-state index < -0.39 is 28.3 Å². The van der Waals surface area contributed by atoms with Crippen molar-refractivity contribution in [3.05, 3.63) is 0 Å². The molecule has 0 amide bonds. The van der Waals surface area contributed by atoms with Crippen LogP contribution in [0, 0.1) is 5.92 Å². The summed E-state index contributed by atoms with van der Waals surface area (Å²) in [6, 6.07) is -1.12. The number of thiol groups is 1. The second-order valence-electron chi connectivity index (χ2n) is 4.65. The van der Waals surface area contributed by atoms with Crippen molar-refractivity contribution in [3.63, 3.8) is 0 Å². The molecule has 0 saturated carbocycles. The largest absolute Gasteiger partial charge is 0.480 e. The molecule has 0 heterocycles. The van der Waals surface area contributed by atoms with E-state index in [2.05, 4.69) is 12.6 Å². The molecule has 0 bridgehead atoms. The molecule has 0 saturated heterocycles. The van der Waals surface area contributed by atoms with Gasteiger partial charge in [0, 0.05) is 10.7 Å². The highest BCUT2D eigenvalue weighted by Gasteiger charge is 2.44. The summed E-state index contributed by atoms with van der Waals surface area (Å²) in [5, 5.41) is 18.6. The molecule has 0 aromatic rings. The van der Waals surface area contributed by atoms with Crippen LogP contribution in [0.1, 0.15) is 27.7 Å². The fraction of sp³-hybridized carbons (Fsp3) is 0.889. The van der Waals surface area contributed by atoms with Crippen LogP contribution in [0.15, 0.2) is 0 Å². The molecule has 0 aromatic heterocycles. The van der Waals surface area contributed by atoms with E-state index in [0.29, 0.717) is 0 Å². The molecule has 2 atom stereocenters. The Kier molecular flexibility index (Phi) is 4.01. The van der Waals surface area contributed by atoms with Gasteiger partial charge in [0.25, 0.3) is 0 Å². The predicted octanol–water partition coefficient (Wildman–Crippen LogP) is 0.494. The Labute approximate surface area is 89.9 Å². The van der Waals surface area contributed by atoms with Crippen molar-refractivity contribution in [1.29, 1.82) is 0 Å². The molecule has 84 valence electrons. The highest BCUT2D eigenvalue weighted by Crippen LogP contribution is 2.34. The van der Waals surface area contributed by atoms with Crippen LogP contribution in [0.5, 0.6) is 0 Å². The summed E-state index contributed by atoms with van der Waals surface area (Å²) in [6.45, 7) is 6.56. The molecule has 0 spiro atoms. The Bertz CT molecular complexity index is 203. The second kappa shape index (κ2) is 4.08. The minimum absolute atomic E-state index is 0.629. The van der Waals surface area contributed by atoms with E-state index in [0.717, 1.165) is 0 Å². The Morgan fingerprint density at radius 1 is 1.36 bits per heavy atom. The lowest BCUT2D eigenvalue weighted by molar-refractivity contribution is -0.143. The molecule has 0 aromatic carbocycles. The molecular formula is C9H19NO3S. The molecule has 14 heavy (non-hydrogen) atoms. The first kappa shape index (κ1) is 13.7. The van der Waals surface area contributed by atoms with E-state index in [4.69, 9.17) is 10.8 Å². The average molecular weight is 221 g/mol. The summed E-state index contributed by atoms with van der Waals surface area (Å²) in [7, 11) is 0. The van der Waals surface area contributed by atoms with E-state index in [1.807, 2.05) is 0 Å². The third kappa shape index (κ3) is 3.48. The van der Waals surface area contributed by atoms with Gasteiger partial charge in [-0.25, -0.2) is 0 Å². The number of aliphatic hydroxyl groups is 1. The highest BCUT2D eigenvalue weighted by molar-refractivity contribution is 7.81. The Hall–Kier alpha value is -0.260. The van der Waals surface area contributed by atoms with Crippen LogP contribution in [0.4, 0.5) is 0 Å². The zero-order chi connectivity index (χ0) is 11.7. The van der Waals surface area contributed by atoms with Gasteiger partial charge >= 0.3 is 5.97 Å². The standard InChI is InChI=1S/C9H19NO3S/c1-8(2,13)6(9(3,4)14)5(10)7(11)12/h5-6,13-14H,10H2,1-4H3,(H,11,12)/t5-,6?/m0/s1. The van der Waals surface area contributed by atoms with Crippen molar-refractivity contribution in [2.75, 3.05) is 0 Å². The maximum Gasteiger partial charge on any atom is 0.320 e. The molecule has 0 aliphatic carbocycles. The zero-order valence-electron chi connectivity index (χ0n) is 8.98. The molecular weight excluding hydrogens is 202 g/mol. The third-order valence-corrected chi connectivity index (χ3v) is 2.44. The van der Waals surface area contributed by atoms with Gasteiger partial charge in [-0.2, -0.15) is 12.6 Å². The smallest absolute Gasteiger partial charge is 0.320 e. The number of carbonyl (C=O) groups is 1. The highest BCUT2D eigenvalue weighted by atomic mass is 32.1. The summed E-state index contributed by atoms with van der Waals surface area (Å²) >= 11 is 4.27. The summed E-state index contributed by atoms with van der Waals surface area (Å²) in [5.74, 6) is -1.75. The normalized spacial score (nSPS) is 17.6. The van der Waals surface area contributed by atoms with Gasteiger partial charge in [0.05, 0.1) is 5.60 Å². The monoisotopic (exact) mass is 221 g/mol. The number of carboxylic acids is 1. The Morgan fingerprint density at radius 3 is 1.79 bits per heavy atom. The molecule has 0 radical (unpaired) electrons. The Balaban J connectivity index is 5.03. The fourth-order valence-corrected chi connectivity index (χ4v) is 2.36. The van der Waals surface area contributed by atoms with Gasteiger partial charge < -0.3 is 15.9 Å². The zero-order valence-corrected chi connectivity index (χ0v) is 9.88. The summed E-state index contributed by atoms with van der Waals surface area (Å²) in [6.07, 6.45) is 0. The van der Waals surface area contributed by atoms with E-state index in [9.17, 15) is 9.90 Å². The molecule has 0 fully saturated rings. The van der Waals surface area contributed by atoms with Gasteiger partial charge in [-0.3, -0.25) is 4.79 Å². The minimum Gasteiger partial charge on any atom is -0.480 e. The first-order valence-electron chi connectivity index (χ1n) is 4.41. The lowest BCUT2D eigenvalue weighted by Gasteiger charge is -2.40. The van der Waals surface area contributed by atoms with Crippen LogP contribution in [0.25, 0.3) is 0 Å². The van der Waals surface area contributed by atoms with E-state index in [1.54, 1.807) is 27.7 Å². The van der Waals surface area contributed by atoms with Gasteiger partial charge in [-0.05, 0) is 13.8 Å². The lowest BCUT2D eigenvalue weighted by Crippen LogP contribution is -2.55. The SMILES string of the molecule is CC(C)(O)C([C@H](N)C(=O)O)C(C)(C)S. The van der Waals surface area contributed by atoms with Crippen LogP contribution >= 0.6 is 12.6 Å². The van der Waals surface area contributed by atoms with E-state index in [-0.39, 0.29) is 0 Å². The number of nitrogens with two attached hydrogens (primary N) is 1. The predicted molar refractivity (Wildman–Crippen MR) is 58.5 cm³/mol. The number of aliphatic carboxylic acids is 1. The third-order valence-electron chi connectivity index (χ3n) is 2.17. The van der Waals surface area contributed by atoms with Crippen LogP contribution in [0.3, 0.4) is 0 Å². The number of hydrogen-bond donors (Lipinski definition) is 4. The first-order chi connectivity index (χ1) is 5.98. The average Bonchev–Trinajstić information content (AvgIpc) is 1.79. The van der Waals surface area contributed by atoms with Gasteiger partial charge in [-0.15, -0.1) is 0 Å². The van der Waals surface area contributed by atoms with Crippen LogP contribution in [0.2, 0.25) is 0 Å². The van der Waals surface area contributed by atoms with Crippen molar-refractivity contribution in [2.24, 2.45) is 11.7 Å². The molecule has 0 rings (SSSR count). The number of carboxylic acid groups (broad SMARTS) is 1. The molecule has 0 aliphatic heterocycles. The van der Waals surface area contributed by atoms with Gasteiger partial charge in [-0.1, -0.05) is 13.8 Å². The van der Waals surface area contributed by atoms with Crippen molar-refractivity contribution >= 4 is 18.6 Å². The van der Waals surface area contributed by atoms with Crippen molar-refractivity contribution < 1.29 is 15.0 Å². The Morgan fingerprint density at radius 2 is 1.71 bits per heavy atom. The molecule has 1 unspecified atom stereocenters. The molecule has 4 N–H and O–H groups in total. The molecule has 4 nitrogen and oxygen atoms in total. The number of hydrogen-bond acceptors (Lipinski definition) is 4. The quantitative estimate of drug-likeness (QED) is 0.521. The maximum absolute atomic E-state index is 10.8. The summed E-state index contributed by atoms with van der Waals surface area (Å²) in [4.78, 5) is 10.8. The summed E-state index contributed by atoms with van der Waals surface area (Å²) in [5.41, 5.74) is 4.35. The lowest BCUT2D eigenvalue weighted by atomic mass is 9.76. The second-order valence-corrected chi connectivity index (χ2v) is 5.80. The topological polar surface area (TPSA) is 83.5 Å². The van der Waals surface area contributed by atoms with Crippen LogP contribution in [-0.2, 0) is 4.79 Å². The van der Waals surface area contributed by atoms with Crippen LogP contribution < -0.4 is 5.73 Å². The minimum atomic E-state index is -1.18. The van der Waals surface area contributed by atoms with Gasteiger partial charge in [0.1, 0.15) is 6.04 Å².